The molecule has 0 bridgehead atoms. The SMILES string of the molecule is CCC1CNC(C2CC2)c2ccccc2C1. The molecule has 1 heteroatoms. The number of hydrogen-bond acceptors (Lipinski definition) is 1. The van der Waals surface area contributed by atoms with Crippen LogP contribution in [-0.4, -0.2) is 6.54 Å². The lowest BCUT2D eigenvalue weighted by Crippen LogP contribution is -2.26. The monoisotopic (exact) mass is 215 g/mol. The van der Waals surface area contributed by atoms with Gasteiger partial charge in [0.15, 0.2) is 0 Å². The van der Waals surface area contributed by atoms with Crippen LogP contribution in [0, 0.1) is 11.8 Å². The van der Waals surface area contributed by atoms with E-state index in [1.165, 1.54) is 32.2 Å². The second kappa shape index (κ2) is 4.21. The molecule has 0 spiro atoms. The van der Waals surface area contributed by atoms with Gasteiger partial charge in [-0.15, -0.1) is 0 Å². The lowest BCUT2D eigenvalue weighted by Gasteiger charge is -2.18. The molecule has 2 atom stereocenters. The quantitative estimate of drug-likeness (QED) is 0.798. The maximum absolute atomic E-state index is 3.80. The molecule has 1 heterocycles. The summed E-state index contributed by atoms with van der Waals surface area (Å²) in [6.45, 7) is 3.51. The first kappa shape index (κ1) is 10.3. The van der Waals surface area contributed by atoms with Gasteiger partial charge in [0.1, 0.15) is 0 Å². The van der Waals surface area contributed by atoms with Gasteiger partial charge in [0.2, 0.25) is 0 Å². The topological polar surface area (TPSA) is 12.0 Å². The summed E-state index contributed by atoms with van der Waals surface area (Å²) in [5, 5.41) is 3.80. The lowest BCUT2D eigenvalue weighted by molar-refractivity contribution is 0.420. The van der Waals surface area contributed by atoms with Gasteiger partial charge < -0.3 is 5.32 Å². The van der Waals surface area contributed by atoms with Crippen molar-refractivity contribution in [2.24, 2.45) is 11.8 Å². The van der Waals surface area contributed by atoms with Gasteiger partial charge >= 0.3 is 0 Å². The average molecular weight is 215 g/mol. The number of fused-ring (bicyclic) bond motifs is 1. The highest BCUT2D eigenvalue weighted by Crippen LogP contribution is 2.43. The van der Waals surface area contributed by atoms with E-state index in [1.807, 2.05) is 0 Å². The number of hydrogen-bond donors (Lipinski definition) is 1. The van der Waals surface area contributed by atoms with E-state index in [4.69, 9.17) is 0 Å². The Morgan fingerprint density at radius 3 is 2.81 bits per heavy atom. The molecule has 1 N–H and O–H groups in total. The van der Waals surface area contributed by atoms with Gasteiger partial charge in [-0.3, -0.25) is 0 Å². The van der Waals surface area contributed by atoms with E-state index in [0.29, 0.717) is 6.04 Å². The van der Waals surface area contributed by atoms with Crippen LogP contribution in [-0.2, 0) is 6.42 Å². The molecule has 0 amide bonds. The molecule has 2 unspecified atom stereocenters. The Morgan fingerprint density at radius 1 is 1.25 bits per heavy atom. The van der Waals surface area contributed by atoms with Crippen molar-refractivity contribution < 1.29 is 0 Å². The van der Waals surface area contributed by atoms with E-state index in [0.717, 1.165) is 11.8 Å². The van der Waals surface area contributed by atoms with Crippen LogP contribution >= 0.6 is 0 Å². The molecular formula is C15H21N. The fourth-order valence-corrected chi connectivity index (χ4v) is 2.95. The van der Waals surface area contributed by atoms with Crippen molar-refractivity contribution in [2.75, 3.05) is 6.54 Å². The first-order chi connectivity index (χ1) is 7.88. The summed E-state index contributed by atoms with van der Waals surface area (Å²) in [5.41, 5.74) is 3.18. The average Bonchev–Trinajstić information content (AvgIpc) is 3.13. The molecule has 1 saturated carbocycles. The smallest absolute Gasteiger partial charge is 0.0351 e. The molecule has 1 fully saturated rings. The van der Waals surface area contributed by atoms with Crippen LogP contribution in [0.2, 0.25) is 0 Å². The summed E-state index contributed by atoms with van der Waals surface area (Å²) in [7, 11) is 0. The second-order valence-corrected chi connectivity index (χ2v) is 5.40. The highest BCUT2D eigenvalue weighted by atomic mass is 14.9. The minimum absolute atomic E-state index is 0.646. The molecule has 1 aromatic rings. The summed E-state index contributed by atoms with van der Waals surface area (Å²) in [6.07, 6.45) is 5.40. The van der Waals surface area contributed by atoms with Crippen molar-refractivity contribution in [2.45, 2.75) is 38.6 Å². The van der Waals surface area contributed by atoms with Gasteiger partial charge in [0.05, 0.1) is 0 Å². The Labute approximate surface area is 98.3 Å². The van der Waals surface area contributed by atoms with Gasteiger partial charge in [-0.1, -0.05) is 37.6 Å². The highest BCUT2D eigenvalue weighted by Gasteiger charge is 2.34. The second-order valence-electron chi connectivity index (χ2n) is 5.40. The van der Waals surface area contributed by atoms with Crippen LogP contribution in [0.1, 0.15) is 43.4 Å². The van der Waals surface area contributed by atoms with Crippen molar-refractivity contribution in [3.8, 4) is 0 Å². The molecule has 0 saturated heterocycles. The fraction of sp³-hybridized carbons (Fsp3) is 0.600. The molecule has 2 aliphatic rings. The molecule has 1 aliphatic carbocycles. The third kappa shape index (κ3) is 1.89. The zero-order valence-electron chi connectivity index (χ0n) is 10.1. The Balaban J connectivity index is 1.93. The van der Waals surface area contributed by atoms with Crippen LogP contribution in [0.5, 0.6) is 0 Å². The van der Waals surface area contributed by atoms with Gasteiger partial charge in [-0.2, -0.15) is 0 Å². The van der Waals surface area contributed by atoms with Crippen molar-refractivity contribution in [1.29, 1.82) is 0 Å². The van der Waals surface area contributed by atoms with E-state index in [2.05, 4.69) is 36.5 Å². The normalized spacial score (nSPS) is 29.6. The van der Waals surface area contributed by atoms with Gasteiger partial charge in [0, 0.05) is 6.04 Å². The molecular weight excluding hydrogens is 194 g/mol. The van der Waals surface area contributed by atoms with Crippen LogP contribution < -0.4 is 5.32 Å². The van der Waals surface area contributed by atoms with Crippen molar-refractivity contribution >= 4 is 0 Å². The van der Waals surface area contributed by atoms with E-state index in [9.17, 15) is 0 Å². The predicted octanol–water partition coefficient (Wildman–Crippen LogP) is 3.31. The van der Waals surface area contributed by atoms with Gasteiger partial charge in [-0.05, 0) is 48.8 Å². The van der Waals surface area contributed by atoms with E-state index in [-0.39, 0.29) is 0 Å². The van der Waals surface area contributed by atoms with Gasteiger partial charge in [0.25, 0.3) is 0 Å². The summed E-state index contributed by atoms with van der Waals surface area (Å²) in [4.78, 5) is 0. The van der Waals surface area contributed by atoms with Crippen molar-refractivity contribution in [3.63, 3.8) is 0 Å². The number of rotatable bonds is 2. The third-order valence-corrected chi connectivity index (χ3v) is 4.20. The van der Waals surface area contributed by atoms with Crippen LogP contribution in [0.3, 0.4) is 0 Å². The minimum Gasteiger partial charge on any atom is -0.309 e. The molecule has 1 aromatic carbocycles. The standard InChI is InChI=1S/C15H21N/c1-2-11-9-13-5-3-4-6-14(13)15(16-10-11)12-7-8-12/h3-6,11-12,15-16H,2,7-10H2,1H3. The fourth-order valence-electron chi connectivity index (χ4n) is 2.95. The molecule has 0 aromatic heterocycles. The maximum atomic E-state index is 3.80. The molecule has 1 aliphatic heterocycles. The van der Waals surface area contributed by atoms with Crippen molar-refractivity contribution in [3.05, 3.63) is 35.4 Å². The first-order valence-corrected chi connectivity index (χ1v) is 6.69. The third-order valence-electron chi connectivity index (χ3n) is 4.20. The zero-order chi connectivity index (χ0) is 11.0. The van der Waals surface area contributed by atoms with Crippen LogP contribution in [0.25, 0.3) is 0 Å². The Morgan fingerprint density at radius 2 is 2.06 bits per heavy atom. The first-order valence-electron chi connectivity index (χ1n) is 6.69. The molecule has 86 valence electrons. The highest BCUT2D eigenvalue weighted by molar-refractivity contribution is 5.32. The minimum atomic E-state index is 0.646. The molecule has 1 nitrogen and oxygen atoms in total. The Bertz CT molecular complexity index is 367. The van der Waals surface area contributed by atoms with E-state index in [1.54, 1.807) is 11.1 Å². The van der Waals surface area contributed by atoms with Crippen LogP contribution in [0.4, 0.5) is 0 Å². The maximum Gasteiger partial charge on any atom is 0.0351 e. The predicted molar refractivity (Wildman–Crippen MR) is 67.4 cm³/mol. The summed E-state index contributed by atoms with van der Waals surface area (Å²) in [6, 6.07) is 9.71. The summed E-state index contributed by atoms with van der Waals surface area (Å²) in [5.74, 6) is 1.74. The van der Waals surface area contributed by atoms with E-state index >= 15 is 0 Å². The largest absolute Gasteiger partial charge is 0.309 e. The lowest BCUT2D eigenvalue weighted by atomic mass is 9.93. The van der Waals surface area contributed by atoms with Gasteiger partial charge in [-0.25, -0.2) is 0 Å². The number of nitrogens with one attached hydrogen (secondary N) is 1. The Kier molecular flexibility index (Phi) is 2.72. The van der Waals surface area contributed by atoms with Crippen molar-refractivity contribution in [1.82, 2.24) is 5.32 Å². The molecule has 3 rings (SSSR count). The van der Waals surface area contributed by atoms with Crippen LogP contribution in [0.15, 0.2) is 24.3 Å². The number of benzene rings is 1. The summed E-state index contributed by atoms with van der Waals surface area (Å²) < 4.78 is 0. The summed E-state index contributed by atoms with van der Waals surface area (Å²) >= 11 is 0. The molecule has 0 radical (unpaired) electrons. The van der Waals surface area contributed by atoms with E-state index < -0.39 is 0 Å². The zero-order valence-corrected chi connectivity index (χ0v) is 10.1. The Hall–Kier alpha value is -0.820. The molecule has 16 heavy (non-hydrogen) atoms.